The van der Waals surface area contributed by atoms with Gasteiger partial charge in [0.1, 0.15) is 5.82 Å². The highest BCUT2D eigenvalue weighted by atomic mass is 19.4. The Morgan fingerprint density at radius 2 is 1.30 bits per heavy atom. The van der Waals surface area contributed by atoms with Gasteiger partial charge in [0, 0.05) is 11.1 Å². The fourth-order valence-corrected chi connectivity index (χ4v) is 1.75. The van der Waals surface area contributed by atoms with E-state index >= 15 is 0 Å². The predicted octanol–water partition coefficient (Wildman–Crippen LogP) is 4.98. The first-order valence-corrected chi connectivity index (χ1v) is 5.53. The average Bonchev–Trinajstić information content (AvgIpc) is 2.38. The maximum Gasteiger partial charge on any atom is 0.419 e. The number of hydrogen-bond donors (Lipinski definition) is 0. The van der Waals surface area contributed by atoms with E-state index in [1.54, 1.807) is 0 Å². The van der Waals surface area contributed by atoms with Gasteiger partial charge >= 0.3 is 6.18 Å². The van der Waals surface area contributed by atoms with Crippen molar-refractivity contribution in [3.05, 3.63) is 71.0 Å². The normalized spacial score (nSPS) is 12.5. The molecule has 106 valence electrons. The highest BCUT2D eigenvalue weighted by Crippen LogP contribution is 2.38. The minimum absolute atomic E-state index is 0.218. The molecule has 2 aromatic carbocycles. The number of rotatable bonds is 2. The molecule has 0 unspecified atom stereocenters. The van der Waals surface area contributed by atoms with Crippen LogP contribution in [0, 0.1) is 5.82 Å². The van der Waals surface area contributed by atoms with Gasteiger partial charge in [-0.25, -0.2) is 4.39 Å². The Hall–Kier alpha value is -1.98. The first-order chi connectivity index (χ1) is 9.23. The zero-order valence-electron chi connectivity index (χ0n) is 9.89. The van der Waals surface area contributed by atoms with Crippen molar-refractivity contribution in [2.24, 2.45) is 0 Å². The summed E-state index contributed by atoms with van der Waals surface area (Å²) < 4.78 is 78.6. The van der Waals surface area contributed by atoms with Gasteiger partial charge in [-0.15, -0.1) is 0 Å². The predicted molar refractivity (Wildman–Crippen MR) is 60.8 cm³/mol. The first-order valence-electron chi connectivity index (χ1n) is 5.53. The van der Waals surface area contributed by atoms with E-state index in [4.69, 9.17) is 0 Å². The van der Waals surface area contributed by atoms with Crippen molar-refractivity contribution in [3.8, 4) is 0 Å². The van der Waals surface area contributed by atoms with Gasteiger partial charge in [0.15, 0.2) is 0 Å². The fraction of sp³-hybridized carbons (Fsp3) is 0.143. The van der Waals surface area contributed by atoms with Gasteiger partial charge in [0.25, 0.3) is 5.92 Å². The second-order valence-corrected chi connectivity index (χ2v) is 4.13. The fourth-order valence-electron chi connectivity index (χ4n) is 1.75. The van der Waals surface area contributed by atoms with Crippen LogP contribution in [0.2, 0.25) is 0 Å². The molecule has 0 bridgehead atoms. The summed E-state index contributed by atoms with van der Waals surface area (Å²) in [5.41, 5.74) is -2.81. The summed E-state index contributed by atoms with van der Waals surface area (Å²) in [4.78, 5) is 0. The van der Waals surface area contributed by atoms with Crippen LogP contribution in [-0.4, -0.2) is 0 Å². The van der Waals surface area contributed by atoms with E-state index in [9.17, 15) is 26.3 Å². The van der Waals surface area contributed by atoms with Crippen molar-refractivity contribution in [1.82, 2.24) is 0 Å². The van der Waals surface area contributed by atoms with Gasteiger partial charge in [-0.3, -0.25) is 0 Å². The van der Waals surface area contributed by atoms with Crippen LogP contribution in [0.4, 0.5) is 26.3 Å². The molecule has 0 amide bonds. The first kappa shape index (κ1) is 14.4. The molecule has 0 aliphatic rings. The molecule has 0 saturated carbocycles. The SMILES string of the molecule is Fc1cc(C(F)(F)c2ccccc2)ccc1C(F)(F)F. The summed E-state index contributed by atoms with van der Waals surface area (Å²) in [7, 11) is 0. The van der Waals surface area contributed by atoms with E-state index in [1.165, 1.54) is 18.2 Å². The molecule has 2 aromatic rings. The van der Waals surface area contributed by atoms with E-state index in [0.29, 0.717) is 12.1 Å². The molecule has 0 fully saturated rings. The molecular formula is C14H8F6. The van der Waals surface area contributed by atoms with Crippen LogP contribution >= 0.6 is 0 Å². The maximum absolute atomic E-state index is 14.0. The van der Waals surface area contributed by atoms with E-state index in [2.05, 4.69) is 0 Å². The summed E-state index contributed by atoms with van der Waals surface area (Å²) in [5, 5.41) is 0. The zero-order valence-corrected chi connectivity index (χ0v) is 9.89. The van der Waals surface area contributed by atoms with Gasteiger partial charge in [-0.2, -0.15) is 22.0 Å². The Balaban J connectivity index is 2.47. The van der Waals surface area contributed by atoms with Crippen molar-refractivity contribution in [2.75, 3.05) is 0 Å². The van der Waals surface area contributed by atoms with Gasteiger partial charge in [0.05, 0.1) is 5.56 Å². The number of benzene rings is 2. The van der Waals surface area contributed by atoms with E-state index < -0.39 is 34.6 Å². The van der Waals surface area contributed by atoms with Gasteiger partial charge < -0.3 is 0 Å². The molecule has 6 heteroatoms. The van der Waals surface area contributed by atoms with E-state index in [0.717, 1.165) is 12.1 Å². The van der Waals surface area contributed by atoms with Crippen molar-refractivity contribution in [3.63, 3.8) is 0 Å². The Morgan fingerprint density at radius 3 is 1.80 bits per heavy atom. The summed E-state index contributed by atoms with van der Waals surface area (Å²) in [6.45, 7) is 0. The summed E-state index contributed by atoms with van der Waals surface area (Å²) in [6.07, 6.45) is -4.91. The molecule has 0 heterocycles. The van der Waals surface area contributed by atoms with E-state index in [-0.39, 0.29) is 6.07 Å². The Morgan fingerprint density at radius 1 is 0.700 bits per heavy atom. The standard InChI is InChI=1S/C14H8F6/c15-12-8-10(6-7-11(12)14(18,19)20)13(16,17)9-4-2-1-3-5-9/h1-8H. The molecular weight excluding hydrogens is 282 g/mol. The van der Waals surface area contributed by atoms with Crippen molar-refractivity contribution in [2.45, 2.75) is 12.1 Å². The molecule has 0 saturated heterocycles. The molecule has 0 spiro atoms. The molecule has 0 aliphatic carbocycles. The van der Waals surface area contributed by atoms with Crippen LogP contribution in [0.3, 0.4) is 0 Å². The van der Waals surface area contributed by atoms with Crippen LogP contribution in [-0.2, 0) is 12.1 Å². The van der Waals surface area contributed by atoms with Crippen molar-refractivity contribution < 1.29 is 26.3 Å². The lowest BCUT2D eigenvalue weighted by atomic mass is 9.99. The van der Waals surface area contributed by atoms with E-state index in [1.807, 2.05) is 0 Å². The lowest BCUT2D eigenvalue weighted by molar-refractivity contribution is -0.140. The minimum Gasteiger partial charge on any atom is -0.206 e. The smallest absolute Gasteiger partial charge is 0.206 e. The second kappa shape index (κ2) is 4.85. The van der Waals surface area contributed by atoms with Crippen LogP contribution in [0.1, 0.15) is 16.7 Å². The van der Waals surface area contributed by atoms with Gasteiger partial charge in [-0.05, 0) is 12.1 Å². The largest absolute Gasteiger partial charge is 0.419 e. The maximum atomic E-state index is 14.0. The molecule has 0 nitrogen and oxygen atoms in total. The summed E-state index contributed by atoms with van der Waals surface area (Å²) >= 11 is 0. The molecule has 0 aliphatic heterocycles. The molecule has 0 radical (unpaired) electrons. The van der Waals surface area contributed by atoms with Crippen LogP contribution < -0.4 is 0 Å². The number of alkyl halides is 5. The van der Waals surface area contributed by atoms with Crippen molar-refractivity contribution >= 4 is 0 Å². The highest BCUT2D eigenvalue weighted by Gasteiger charge is 2.38. The molecule has 20 heavy (non-hydrogen) atoms. The number of halogens is 6. The second-order valence-electron chi connectivity index (χ2n) is 4.13. The topological polar surface area (TPSA) is 0 Å². The Labute approximate surface area is 110 Å². The highest BCUT2D eigenvalue weighted by molar-refractivity contribution is 5.36. The average molecular weight is 290 g/mol. The van der Waals surface area contributed by atoms with Crippen LogP contribution in [0.25, 0.3) is 0 Å². The monoisotopic (exact) mass is 290 g/mol. The Kier molecular flexibility index (Phi) is 3.50. The quantitative estimate of drug-likeness (QED) is 0.684. The van der Waals surface area contributed by atoms with Crippen LogP contribution in [0.15, 0.2) is 48.5 Å². The third-order valence-electron chi connectivity index (χ3n) is 2.77. The lowest BCUT2D eigenvalue weighted by Crippen LogP contribution is -2.17. The molecule has 0 atom stereocenters. The Bertz CT molecular complexity index is 601. The molecule has 0 aromatic heterocycles. The lowest BCUT2D eigenvalue weighted by Gasteiger charge is -2.18. The zero-order chi connectivity index (χ0) is 15.0. The third kappa shape index (κ3) is 2.64. The molecule has 0 N–H and O–H groups in total. The molecule has 2 rings (SSSR count). The minimum atomic E-state index is -4.91. The number of hydrogen-bond acceptors (Lipinski definition) is 0. The van der Waals surface area contributed by atoms with Crippen LogP contribution in [0.5, 0.6) is 0 Å². The van der Waals surface area contributed by atoms with Gasteiger partial charge in [-0.1, -0.05) is 36.4 Å². The third-order valence-corrected chi connectivity index (χ3v) is 2.77. The summed E-state index contributed by atoms with van der Waals surface area (Å²) in [6, 6.07) is 7.61. The summed E-state index contributed by atoms with van der Waals surface area (Å²) in [5.74, 6) is -5.28. The van der Waals surface area contributed by atoms with Crippen molar-refractivity contribution in [1.29, 1.82) is 0 Å². The van der Waals surface area contributed by atoms with Gasteiger partial charge in [0.2, 0.25) is 0 Å².